The molecular weight excluding hydrogens is 288 g/mol. The molecule has 7 heteroatoms. The lowest BCUT2D eigenvalue weighted by Crippen LogP contribution is -2.24. The summed E-state index contributed by atoms with van der Waals surface area (Å²) in [5, 5.41) is 10.3. The van der Waals surface area contributed by atoms with Gasteiger partial charge in [-0.3, -0.25) is 9.48 Å². The fourth-order valence-electron chi connectivity index (χ4n) is 1.32. The van der Waals surface area contributed by atoms with Gasteiger partial charge in [-0.05, 0) is 34.5 Å². The number of carbonyl (C=O) groups is 1. The van der Waals surface area contributed by atoms with Crippen LogP contribution in [0, 0.1) is 0 Å². The van der Waals surface area contributed by atoms with Gasteiger partial charge >= 0.3 is 0 Å². The molecule has 2 rings (SSSR count). The van der Waals surface area contributed by atoms with Crippen LogP contribution in [0.25, 0.3) is 0 Å². The third-order valence-electron chi connectivity index (χ3n) is 2.12. The number of aryl methyl sites for hydroxylation is 1. The average molecular weight is 299 g/mol. The Morgan fingerprint density at radius 3 is 3.06 bits per heavy atom. The molecule has 0 saturated carbocycles. The Labute approximate surface area is 106 Å². The molecule has 0 spiro atoms. The molecule has 2 aromatic rings. The van der Waals surface area contributed by atoms with Crippen LogP contribution in [0.4, 0.5) is 0 Å². The van der Waals surface area contributed by atoms with Crippen molar-refractivity contribution in [3.63, 3.8) is 0 Å². The van der Waals surface area contributed by atoms with E-state index in [1.807, 2.05) is 0 Å². The van der Waals surface area contributed by atoms with E-state index in [9.17, 15) is 4.79 Å². The lowest BCUT2D eigenvalue weighted by atomic mass is 10.4. The van der Waals surface area contributed by atoms with Gasteiger partial charge in [0.05, 0.1) is 6.20 Å². The van der Waals surface area contributed by atoms with E-state index in [1.165, 1.54) is 0 Å². The molecule has 0 saturated heterocycles. The second-order valence-electron chi connectivity index (χ2n) is 3.38. The van der Waals surface area contributed by atoms with E-state index in [0.29, 0.717) is 17.0 Å². The third kappa shape index (κ3) is 3.42. The predicted octanol–water partition coefficient (Wildman–Crippen LogP) is 1.45. The van der Waals surface area contributed by atoms with Gasteiger partial charge in [0.1, 0.15) is 0 Å². The van der Waals surface area contributed by atoms with E-state index in [4.69, 9.17) is 4.42 Å². The van der Waals surface area contributed by atoms with Gasteiger partial charge in [0.25, 0.3) is 5.91 Å². The minimum Gasteiger partial charge on any atom is -0.444 e. The number of nitrogens with zero attached hydrogens (tertiary/aromatic N) is 3. The van der Waals surface area contributed by atoms with Crippen molar-refractivity contribution in [1.29, 1.82) is 0 Å². The van der Waals surface area contributed by atoms with E-state index in [1.54, 1.807) is 29.2 Å². The average Bonchev–Trinajstić information content (AvgIpc) is 2.95. The SMILES string of the molecule is O=C(NCCCn1ccnn1)c1ccc(Br)o1. The molecule has 0 aliphatic rings. The second-order valence-corrected chi connectivity index (χ2v) is 4.16. The zero-order valence-corrected chi connectivity index (χ0v) is 10.6. The number of furan rings is 1. The van der Waals surface area contributed by atoms with Crippen LogP contribution in [-0.2, 0) is 6.54 Å². The summed E-state index contributed by atoms with van der Waals surface area (Å²) in [6.45, 7) is 1.29. The van der Waals surface area contributed by atoms with Crippen molar-refractivity contribution in [3.05, 3.63) is 35.0 Å². The molecule has 0 aromatic carbocycles. The smallest absolute Gasteiger partial charge is 0.287 e. The molecule has 0 atom stereocenters. The first-order valence-corrected chi connectivity index (χ1v) is 5.92. The number of rotatable bonds is 5. The Morgan fingerprint density at radius 1 is 1.53 bits per heavy atom. The van der Waals surface area contributed by atoms with Crippen molar-refractivity contribution in [3.8, 4) is 0 Å². The highest BCUT2D eigenvalue weighted by Gasteiger charge is 2.08. The molecule has 0 fully saturated rings. The summed E-state index contributed by atoms with van der Waals surface area (Å²) in [4.78, 5) is 11.6. The number of carbonyl (C=O) groups excluding carboxylic acids is 1. The zero-order valence-electron chi connectivity index (χ0n) is 8.97. The van der Waals surface area contributed by atoms with Crippen LogP contribution in [0.5, 0.6) is 0 Å². The Bertz CT molecular complexity index is 480. The minimum absolute atomic E-state index is 0.214. The van der Waals surface area contributed by atoms with Gasteiger partial charge in [-0.2, -0.15) is 0 Å². The molecule has 0 aliphatic heterocycles. The molecule has 0 bridgehead atoms. The van der Waals surface area contributed by atoms with Crippen molar-refractivity contribution in [2.75, 3.05) is 6.54 Å². The van der Waals surface area contributed by atoms with Crippen LogP contribution in [0.3, 0.4) is 0 Å². The van der Waals surface area contributed by atoms with Crippen LogP contribution in [0.2, 0.25) is 0 Å². The van der Waals surface area contributed by atoms with Crippen LogP contribution in [0.1, 0.15) is 17.0 Å². The zero-order chi connectivity index (χ0) is 12.1. The maximum absolute atomic E-state index is 11.6. The van der Waals surface area contributed by atoms with Gasteiger partial charge in [0.2, 0.25) is 0 Å². The van der Waals surface area contributed by atoms with Crippen LogP contribution in [0.15, 0.2) is 33.6 Å². The van der Waals surface area contributed by atoms with E-state index in [-0.39, 0.29) is 5.91 Å². The summed E-state index contributed by atoms with van der Waals surface area (Å²) < 4.78 is 7.39. The predicted molar refractivity (Wildman–Crippen MR) is 63.4 cm³/mol. The number of nitrogens with one attached hydrogen (secondary N) is 1. The third-order valence-corrected chi connectivity index (χ3v) is 2.54. The van der Waals surface area contributed by atoms with Gasteiger partial charge in [-0.25, -0.2) is 0 Å². The summed E-state index contributed by atoms with van der Waals surface area (Å²) in [6, 6.07) is 3.31. The van der Waals surface area contributed by atoms with Crippen LogP contribution < -0.4 is 5.32 Å². The summed E-state index contributed by atoms with van der Waals surface area (Å²) in [5.41, 5.74) is 0. The second kappa shape index (κ2) is 5.62. The molecule has 17 heavy (non-hydrogen) atoms. The molecule has 2 aromatic heterocycles. The summed E-state index contributed by atoms with van der Waals surface area (Å²) >= 11 is 3.14. The summed E-state index contributed by atoms with van der Waals surface area (Å²) in [7, 11) is 0. The largest absolute Gasteiger partial charge is 0.444 e. The normalized spacial score (nSPS) is 10.4. The van der Waals surface area contributed by atoms with Crippen molar-refractivity contribution in [1.82, 2.24) is 20.3 Å². The van der Waals surface area contributed by atoms with Gasteiger partial charge in [0, 0.05) is 19.3 Å². The van der Waals surface area contributed by atoms with E-state index in [0.717, 1.165) is 13.0 Å². The molecule has 90 valence electrons. The van der Waals surface area contributed by atoms with Crippen molar-refractivity contribution < 1.29 is 9.21 Å². The fraction of sp³-hybridized carbons (Fsp3) is 0.300. The van der Waals surface area contributed by atoms with E-state index < -0.39 is 0 Å². The first-order valence-electron chi connectivity index (χ1n) is 5.13. The van der Waals surface area contributed by atoms with Gasteiger partial charge in [-0.1, -0.05) is 5.21 Å². The van der Waals surface area contributed by atoms with E-state index in [2.05, 4.69) is 31.6 Å². The monoisotopic (exact) mass is 298 g/mol. The number of amides is 1. The minimum atomic E-state index is -0.214. The van der Waals surface area contributed by atoms with Crippen molar-refractivity contribution >= 4 is 21.8 Å². The molecule has 2 heterocycles. The van der Waals surface area contributed by atoms with Crippen molar-refractivity contribution in [2.24, 2.45) is 0 Å². The molecular formula is C10H11BrN4O2. The standard InChI is InChI=1S/C10H11BrN4O2/c11-9-3-2-8(17-9)10(16)12-4-1-6-15-7-5-13-14-15/h2-3,5,7H,1,4,6H2,(H,12,16). The topological polar surface area (TPSA) is 73.0 Å². The number of hydrogen-bond acceptors (Lipinski definition) is 4. The van der Waals surface area contributed by atoms with Gasteiger partial charge < -0.3 is 9.73 Å². The van der Waals surface area contributed by atoms with Crippen LogP contribution >= 0.6 is 15.9 Å². The molecule has 0 radical (unpaired) electrons. The highest BCUT2D eigenvalue weighted by atomic mass is 79.9. The fourth-order valence-corrected chi connectivity index (χ4v) is 1.62. The molecule has 0 aliphatic carbocycles. The summed E-state index contributed by atoms with van der Waals surface area (Å²) in [6.07, 6.45) is 4.20. The summed E-state index contributed by atoms with van der Waals surface area (Å²) in [5.74, 6) is 0.0897. The lowest BCUT2D eigenvalue weighted by molar-refractivity contribution is 0.0923. The van der Waals surface area contributed by atoms with Crippen LogP contribution in [-0.4, -0.2) is 27.4 Å². The molecule has 6 nitrogen and oxygen atoms in total. The first kappa shape index (κ1) is 11.8. The number of aromatic nitrogens is 3. The molecule has 1 amide bonds. The highest BCUT2D eigenvalue weighted by Crippen LogP contribution is 2.13. The van der Waals surface area contributed by atoms with Crippen molar-refractivity contribution in [2.45, 2.75) is 13.0 Å². The lowest BCUT2D eigenvalue weighted by Gasteiger charge is -2.02. The maximum Gasteiger partial charge on any atom is 0.287 e. The maximum atomic E-state index is 11.6. The van der Waals surface area contributed by atoms with E-state index >= 15 is 0 Å². The molecule has 0 unspecified atom stereocenters. The van der Waals surface area contributed by atoms with Gasteiger partial charge in [-0.15, -0.1) is 5.10 Å². The number of halogens is 1. The molecule has 1 N–H and O–H groups in total. The first-order chi connectivity index (χ1) is 8.25. The Hall–Kier alpha value is -1.63. The highest BCUT2D eigenvalue weighted by molar-refractivity contribution is 9.10. The van der Waals surface area contributed by atoms with Gasteiger partial charge in [0.15, 0.2) is 10.4 Å². The quantitative estimate of drug-likeness (QED) is 0.848. The Morgan fingerprint density at radius 2 is 2.41 bits per heavy atom. The Balaban J connectivity index is 1.70. The number of hydrogen-bond donors (Lipinski definition) is 1. The Kier molecular flexibility index (Phi) is 3.92.